The van der Waals surface area contributed by atoms with Crippen molar-refractivity contribution in [2.24, 2.45) is 16.3 Å². The largest absolute Gasteiger partial charge is 0.481 e. The molecule has 2 amide bonds. The number of benzene rings is 2. The number of rotatable bonds is 9. The fourth-order valence-corrected chi connectivity index (χ4v) is 5.98. The Morgan fingerprint density at radius 1 is 1.12 bits per heavy atom. The molecule has 2 N–H and O–H groups in total. The number of hydrogen-bond donors (Lipinski definition) is 2. The van der Waals surface area contributed by atoms with Crippen molar-refractivity contribution in [2.45, 2.75) is 77.9 Å². The van der Waals surface area contributed by atoms with Crippen LogP contribution in [0.25, 0.3) is 0 Å². The van der Waals surface area contributed by atoms with E-state index in [1.165, 1.54) is 0 Å². The second kappa shape index (κ2) is 11.5. The zero-order valence-electron chi connectivity index (χ0n) is 23.5. The van der Waals surface area contributed by atoms with E-state index in [2.05, 4.69) is 26.1 Å². The molecule has 1 heterocycles. The van der Waals surface area contributed by atoms with E-state index in [1.807, 2.05) is 6.92 Å². The number of carbonyl (C=O) groups excluding carboxylic acids is 2. The highest BCUT2D eigenvalue weighted by atomic mass is 19.1. The van der Waals surface area contributed by atoms with Gasteiger partial charge in [-0.1, -0.05) is 39.3 Å². The van der Waals surface area contributed by atoms with Crippen LogP contribution in [0.3, 0.4) is 0 Å². The molecule has 1 aliphatic carbocycles. The average Bonchev–Trinajstić information content (AvgIpc) is 3.19. The number of carboxylic acid groups (broad SMARTS) is 1. The first-order chi connectivity index (χ1) is 18.9. The zero-order valence-corrected chi connectivity index (χ0v) is 23.5. The Morgan fingerprint density at radius 3 is 2.27 bits per heavy atom. The summed E-state index contributed by atoms with van der Waals surface area (Å²) in [6, 6.07) is 9.45. The van der Waals surface area contributed by atoms with Crippen LogP contribution in [-0.2, 0) is 9.59 Å². The van der Waals surface area contributed by atoms with Gasteiger partial charge in [-0.3, -0.25) is 19.4 Å². The number of carboxylic acids is 1. The van der Waals surface area contributed by atoms with Gasteiger partial charge < -0.3 is 15.3 Å². The SMILES string of the molecule is CCC(C)(C)C1CCC2(CC1)N=C(c1cc(F)cc(F)c1)C(=O)N2[C@H](C)c1ccc(C(=O)NCCC(=O)O)cc1. The summed E-state index contributed by atoms with van der Waals surface area (Å²) in [5, 5.41) is 11.4. The van der Waals surface area contributed by atoms with Gasteiger partial charge in [-0.05, 0) is 73.8 Å². The molecule has 1 spiro atoms. The molecule has 0 radical (unpaired) electrons. The van der Waals surface area contributed by atoms with E-state index >= 15 is 0 Å². The smallest absolute Gasteiger partial charge is 0.305 e. The Labute approximate surface area is 233 Å². The van der Waals surface area contributed by atoms with Crippen molar-refractivity contribution in [3.63, 3.8) is 0 Å². The maximum absolute atomic E-state index is 14.1. The van der Waals surface area contributed by atoms with Crippen LogP contribution in [0.2, 0.25) is 0 Å². The van der Waals surface area contributed by atoms with Gasteiger partial charge in [0.2, 0.25) is 0 Å². The molecule has 1 saturated carbocycles. The third kappa shape index (κ3) is 5.93. The third-order valence-electron chi connectivity index (χ3n) is 8.80. The summed E-state index contributed by atoms with van der Waals surface area (Å²) in [6.45, 7) is 8.63. The van der Waals surface area contributed by atoms with Gasteiger partial charge in [0, 0.05) is 23.7 Å². The van der Waals surface area contributed by atoms with Crippen molar-refractivity contribution in [1.82, 2.24) is 10.2 Å². The molecule has 7 nitrogen and oxygen atoms in total. The summed E-state index contributed by atoms with van der Waals surface area (Å²) in [7, 11) is 0. The van der Waals surface area contributed by atoms with Crippen LogP contribution in [0.5, 0.6) is 0 Å². The van der Waals surface area contributed by atoms with Crippen LogP contribution >= 0.6 is 0 Å². The van der Waals surface area contributed by atoms with Crippen molar-refractivity contribution >= 4 is 23.5 Å². The van der Waals surface area contributed by atoms with Gasteiger partial charge in [0.1, 0.15) is 23.0 Å². The first kappa shape index (κ1) is 29.4. The van der Waals surface area contributed by atoms with Gasteiger partial charge in [0.05, 0.1) is 12.5 Å². The molecule has 0 bridgehead atoms. The first-order valence-electron chi connectivity index (χ1n) is 13.9. The summed E-state index contributed by atoms with van der Waals surface area (Å²) in [5.74, 6) is -2.82. The molecule has 0 aromatic heterocycles. The van der Waals surface area contributed by atoms with Crippen molar-refractivity contribution in [2.75, 3.05) is 6.54 Å². The highest BCUT2D eigenvalue weighted by molar-refractivity contribution is 6.46. The number of amides is 2. The van der Waals surface area contributed by atoms with E-state index in [1.54, 1.807) is 29.2 Å². The van der Waals surface area contributed by atoms with Gasteiger partial charge in [-0.15, -0.1) is 0 Å². The standard InChI is InChI=1S/C31H37F2N3O4/c1-5-30(3,4)23-10-13-31(14-11-23)35-27(22-16-24(32)18-25(33)17-22)29(40)36(31)19(2)20-6-8-21(9-7-20)28(39)34-15-12-26(37)38/h6-9,16-19,23H,5,10-15H2,1-4H3,(H,34,39)(H,37,38)/t19-,23?,31?/m1/s1. The molecule has 9 heteroatoms. The van der Waals surface area contributed by atoms with Crippen LogP contribution < -0.4 is 5.32 Å². The Morgan fingerprint density at radius 2 is 1.73 bits per heavy atom. The Bertz CT molecular complexity index is 1290. The number of halogens is 2. The van der Waals surface area contributed by atoms with Crippen molar-refractivity contribution in [1.29, 1.82) is 0 Å². The average molecular weight is 554 g/mol. The number of nitrogens with zero attached hydrogens (tertiary/aromatic N) is 2. The first-order valence-corrected chi connectivity index (χ1v) is 13.9. The molecular weight excluding hydrogens is 516 g/mol. The molecule has 0 saturated heterocycles. The lowest BCUT2D eigenvalue weighted by Gasteiger charge is -2.47. The number of aliphatic imine (C=N–C) groups is 1. The summed E-state index contributed by atoms with van der Waals surface area (Å²) in [4.78, 5) is 43.7. The Balaban J connectivity index is 1.63. The topological polar surface area (TPSA) is 99.1 Å². The van der Waals surface area contributed by atoms with E-state index < -0.39 is 29.3 Å². The van der Waals surface area contributed by atoms with Crippen LogP contribution in [0.15, 0.2) is 47.5 Å². The normalized spacial score (nSPS) is 21.9. The van der Waals surface area contributed by atoms with E-state index in [4.69, 9.17) is 10.1 Å². The molecule has 4 rings (SSSR count). The monoisotopic (exact) mass is 553 g/mol. The predicted octanol–water partition coefficient (Wildman–Crippen LogP) is 5.88. The van der Waals surface area contributed by atoms with Crippen molar-refractivity contribution in [3.8, 4) is 0 Å². The molecule has 214 valence electrons. The summed E-state index contributed by atoms with van der Waals surface area (Å²) >= 11 is 0. The molecule has 2 aromatic carbocycles. The van der Waals surface area contributed by atoms with E-state index in [9.17, 15) is 23.2 Å². The molecule has 1 fully saturated rings. The molecule has 1 aliphatic heterocycles. The lowest BCUT2D eigenvalue weighted by molar-refractivity contribution is -0.137. The molecule has 2 aromatic rings. The summed E-state index contributed by atoms with van der Waals surface area (Å²) in [5.41, 5.74) is 0.668. The zero-order chi connectivity index (χ0) is 29.2. The van der Waals surface area contributed by atoms with E-state index in [-0.39, 0.29) is 41.5 Å². The second-order valence-corrected chi connectivity index (χ2v) is 11.6. The predicted molar refractivity (Wildman–Crippen MR) is 148 cm³/mol. The Hall–Kier alpha value is -3.62. The second-order valence-electron chi connectivity index (χ2n) is 11.6. The molecular formula is C31H37F2N3O4. The third-order valence-corrected chi connectivity index (χ3v) is 8.80. The highest BCUT2D eigenvalue weighted by Gasteiger charge is 2.52. The maximum Gasteiger partial charge on any atom is 0.305 e. The van der Waals surface area contributed by atoms with E-state index in [0.29, 0.717) is 24.3 Å². The molecule has 0 unspecified atom stereocenters. The minimum absolute atomic E-state index is 0.0216. The quantitative estimate of drug-likeness (QED) is 0.405. The Kier molecular flexibility index (Phi) is 8.42. The van der Waals surface area contributed by atoms with E-state index in [0.717, 1.165) is 43.0 Å². The minimum atomic E-state index is -0.997. The number of aliphatic carboxylic acids is 1. The van der Waals surface area contributed by atoms with Gasteiger partial charge in [0.25, 0.3) is 11.8 Å². The fraction of sp³-hybridized carbons (Fsp3) is 0.484. The van der Waals surface area contributed by atoms with Crippen LogP contribution in [0, 0.1) is 23.0 Å². The number of nitrogens with one attached hydrogen (secondary N) is 1. The van der Waals surface area contributed by atoms with Crippen molar-refractivity contribution < 1.29 is 28.3 Å². The highest BCUT2D eigenvalue weighted by Crippen LogP contribution is 2.50. The summed E-state index contributed by atoms with van der Waals surface area (Å²) < 4.78 is 28.2. The minimum Gasteiger partial charge on any atom is -0.481 e. The van der Waals surface area contributed by atoms with Crippen molar-refractivity contribution in [3.05, 3.63) is 70.8 Å². The van der Waals surface area contributed by atoms with Gasteiger partial charge in [0.15, 0.2) is 0 Å². The van der Waals surface area contributed by atoms with Crippen LogP contribution in [-0.4, -0.2) is 45.7 Å². The fourth-order valence-electron chi connectivity index (χ4n) is 5.98. The number of carbonyl (C=O) groups is 3. The number of hydrogen-bond acceptors (Lipinski definition) is 4. The summed E-state index contributed by atoms with van der Waals surface area (Å²) in [6.07, 6.45) is 3.90. The van der Waals surface area contributed by atoms with Gasteiger partial charge >= 0.3 is 5.97 Å². The molecule has 2 aliphatic rings. The van der Waals surface area contributed by atoms with Crippen LogP contribution in [0.4, 0.5) is 8.78 Å². The van der Waals surface area contributed by atoms with Gasteiger partial charge in [-0.25, -0.2) is 8.78 Å². The lowest BCUT2D eigenvalue weighted by Crippen LogP contribution is -2.51. The van der Waals surface area contributed by atoms with Crippen LogP contribution in [0.1, 0.15) is 93.7 Å². The maximum atomic E-state index is 14.1. The molecule has 1 atom stereocenters. The lowest BCUT2D eigenvalue weighted by atomic mass is 9.67. The van der Waals surface area contributed by atoms with Gasteiger partial charge in [-0.2, -0.15) is 0 Å². The molecule has 40 heavy (non-hydrogen) atoms.